The number of benzene rings is 3. The Hall–Kier alpha value is -3.16. The molecule has 1 N–H and O–H groups in total. The molecule has 0 saturated carbocycles. The quantitative estimate of drug-likeness (QED) is 0.336. The number of aliphatic carboxylic acids is 1. The van der Waals surface area contributed by atoms with Crippen LogP contribution in [0.25, 0.3) is 11.1 Å². The van der Waals surface area contributed by atoms with Gasteiger partial charge in [-0.1, -0.05) is 36.2 Å². The second-order valence-electron chi connectivity index (χ2n) is 9.83. The third-order valence-electron chi connectivity index (χ3n) is 7.08. The number of fused-ring (bicyclic) bond motifs is 1. The summed E-state index contributed by atoms with van der Waals surface area (Å²) in [5.41, 5.74) is 6.78. The van der Waals surface area contributed by atoms with Crippen LogP contribution in [0.2, 0.25) is 0 Å². The highest BCUT2D eigenvalue weighted by molar-refractivity contribution is 7.96. The molecule has 194 valence electrons. The largest absolute Gasteiger partial charge is 0.492 e. The van der Waals surface area contributed by atoms with E-state index in [1.54, 1.807) is 11.9 Å². The van der Waals surface area contributed by atoms with Crippen molar-refractivity contribution in [2.45, 2.75) is 45.3 Å². The van der Waals surface area contributed by atoms with Gasteiger partial charge in [0.2, 0.25) is 0 Å². The summed E-state index contributed by atoms with van der Waals surface area (Å²) in [4.78, 5) is 11.1. The van der Waals surface area contributed by atoms with Crippen molar-refractivity contribution in [3.8, 4) is 28.4 Å². The second-order valence-corrected chi connectivity index (χ2v) is 10.7. The fourth-order valence-corrected chi connectivity index (χ4v) is 5.91. The first-order valence-corrected chi connectivity index (χ1v) is 13.9. The van der Waals surface area contributed by atoms with Crippen LogP contribution in [0.4, 0.5) is 0 Å². The molecule has 7 heteroatoms. The summed E-state index contributed by atoms with van der Waals surface area (Å²) in [7, 11) is 0. The summed E-state index contributed by atoms with van der Waals surface area (Å²) in [6.45, 7) is 7.14. The molecule has 0 aromatic heterocycles. The molecule has 2 unspecified atom stereocenters. The number of rotatable bonds is 9. The third kappa shape index (κ3) is 5.89. The van der Waals surface area contributed by atoms with Crippen LogP contribution in [0.3, 0.4) is 0 Å². The summed E-state index contributed by atoms with van der Waals surface area (Å²) >= 11 is 1.78. The van der Waals surface area contributed by atoms with E-state index in [1.807, 2.05) is 18.2 Å². The van der Waals surface area contributed by atoms with Crippen molar-refractivity contribution < 1.29 is 24.1 Å². The Morgan fingerprint density at radius 2 is 1.92 bits per heavy atom. The van der Waals surface area contributed by atoms with E-state index in [-0.39, 0.29) is 18.4 Å². The molecule has 2 atom stereocenters. The smallest absolute Gasteiger partial charge is 0.304 e. The molecule has 2 heterocycles. The van der Waals surface area contributed by atoms with Gasteiger partial charge in [0.15, 0.2) is 0 Å². The highest BCUT2D eigenvalue weighted by Crippen LogP contribution is 2.38. The minimum absolute atomic E-state index is 0.0726. The van der Waals surface area contributed by atoms with E-state index >= 15 is 0 Å². The molecule has 3 aromatic carbocycles. The molecule has 0 amide bonds. The van der Waals surface area contributed by atoms with Gasteiger partial charge in [-0.25, -0.2) is 4.31 Å². The van der Waals surface area contributed by atoms with Gasteiger partial charge in [-0.2, -0.15) is 0 Å². The highest BCUT2D eigenvalue weighted by Gasteiger charge is 2.27. The zero-order valence-electron chi connectivity index (χ0n) is 21.5. The number of hydrogen-bond donors (Lipinski definition) is 1. The van der Waals surface area contributed by atoms with Crippen molar-refractivity contribution >= 4 is 17.9 Å². The molecule has 1 fully saturated rings. The van der Waals surface area contributed by atoms with E-state index in [9.17, 15) is 4.79 Å². The number of carbonyl (C=O) groups is 1. The Bertz CT molecular complexity index is 1270. The molecule has 1 saturated heterocycles. The maximum Gasteiger partial charge on any atom is 0.304 e. The summed E-state index contributed by atoms with van der Waals surface area (Å²) in [5.74, 6) is 1.44. The Morgan fingerprint density at radius 3 is 2.65 bits per heavy atom. The molecule has 0 bridgehead atoms. The van der Waals surface area contributed by atoms with Crippen LogP contribution in [0.15, 0.2) is 54.6 Å². The predicted octanol–water partition coefficient (Wildman–Crippen LogP) is 6.23. The van der Waals surface area contributed by atoms with Gasteiger partial charge in [-0.05, 0) is 78.6 Å². The van der Waals surface area contributed by atoms with Gasteiger partial charge in [0.05, 0.1) is 13.0 Å². The lowest BCUT2D eigenvalue weighted by atomic mass is 9.94. The molecule has 2 aliphatic heterocycles. The van der Waals surface area contributed by atoms with Crippen molar-refractivity contribution in [3.05, 3.63) is 76.9 Å². The van der Waals surface area contributed by atoms with Crippen molar-refractivity contribution in [3.63, 3.8) is 0 Å². The molecule has 0 aliphatic carbocycles. The number of ether oxygens (including phenoxy) is 3. The number of carboxylic acids is 1. The first-order valence-electron chi connectivity index (χ1n) is 12.7. The summed E-state index contributed by atoms with van der Waals surface area (Å²) in [5, 5.41) is 9.10. The molecule has 0 spiro atoms. The standard InChI is InChI=1S/C30H33NO5S/c1-19-11-26(36-25-9-10-31(16-25)37-3)12-20(2)30(19)22-6-4-5-21(13-22)17-34-24-7-8-27-23(14-29(32)33)18-35-28(27)15-24/h4-8,11-13,15,23,25H,9-10,14,16-18H2,1-3H3,(H,32,33). The summed E-state index contributed by atoms with van der Waals surface area (Å²) < 4.78 is 20.4. The fraction of sp³-hybridized carbons (Fsp3) is 0.367. The molecule has 0 radical (unpaired) electrons. The Kier molecular flexibility index (Phi) is 7.63. The van der Waals surface area contributed by atoms with Crippen LogP contribution in [0.1, 0.15) is 41.0 Å². The first-order chi connectivity index (χ1) is 17.9. The van der Waals surface area contributed by atoms with Gasteiger partial charge in [0, 0.05) is 30.6 Å². The number of aryl methyl sites for hydroxylation is 2. The fourth-order valence-electron chi connectivity index (χ4n) is 5.31. The topological polar surface area (TPSA) is 68.2 Å². The third-order valence-corrected chi connectivity index (χ3v) is 7.93. The second kappa shape index (κ2) is 11.1. The van der Waals surface area contributed by atoms with Gasteiger partial charge >= 0.3 is 5.97 Å². The average Bonchev–Trinajstić information content (AvgIpc) is 3.49. The van der Waals surface area contributed by atoms with Crippen molar-refractivity contribution in [2.75, 3.05) is 26.0 Å². The number of carboxylic acid groups (broad SMARTS) is 1. The lowest BCUT2D eigenvalue weighted by Gasteiger charge is -2.18. The van der Waals surface area contributed by atoms with Crippen LogP contribution in [0, 0.1) is 13.8 Å². The van der Waals surface area contributed by atoms with Crippen molar-refractivity contribution in [2.24, 2.45) is 0 Å². The van der Waals surface area contributed by atoms with Gasteiger partial charge in [0.1, 0.15) is 30.0 Å². The number of nitrogens with zero attached hydrogens (tertiary/aromatic N) is 1. The zero-order valence-corrected chi connectivity index (χ0v) is 22.3. The summed E-state index contributed by atoms with van der Waals surface area (Å²) in [6.07, 6.45) is 3.49. The van der Waals surface area contributed by atoms with Crippen LogP contribution in [0.5, 0.6) is 17.2 Å². The maximum absolute atomic E-state index is 11.1. The summed E-state index contributed by atoms with van der Waals surface area (Å²) in [6, 6.07) is 18.4. The maximum atomic E-state index is 11.1. The first kappa shape index (κ1) is 25.5. The van der Waals surface area contributed by atoms with E-state index in [2.05, 4.69) is 60.8 Å². The van der Waals surface area contributed by atoms with Gasteiger partial charge in [0.25, 0.3) is 0 Å². The zero-order chi connectivity index (χ0) is 25.9. The van der Waals surface area contributed by atoms with E-state index in [4.69, 9.17) is 19.3 Å². The van der Waals surface area contributed by atoms with Crippen LogP contribution in [-0.4, -0.2) is 47.4 Å². The molecular weight excluding hydrogens is 486 g/mol. The molecule has 5 rings (SSSR count). The van der Waals surface area contributed by atoms with Crippen LogP contribution >= 0.6 is 11.9 Å². The van der Waals surface area contributed by atoms with Gasteiger partial charge < -0.3 is 19.3 Å². The van der Waals surface area contributed by atoms with Crippen LogP contribution in [-0.2, 0) is 11.4 Å². The lowest BCUT2D eigenvalue weighted by molar-refractivity contribution is -0.137. The van der Waals surface area contributed by atoms with Gasteiger partial charge in [-0.15, -0.1) is 0 Å². The molecular formula is C30H33NO5S. The normalized spacial score (nSPS) is 18.9. The minimum Gasteiger partial charge on any atom is -0.492 e. The van der Waals surface area contributed by atoms with Gasteiger partial charge in [-0.3, -0.25) is 4.79 Å². The van der Waals surface area contributed by atoms with E-state index in [0.29, 0.717) is 24.7 Å². The Labute approximate surface area is 222 Å². The SMILES string of the molecule is CSN1CCC(Oc2cc(C)c(-c3cccc(COc4ccc5c(c4)OCC5CC(=O)O)c3)c(C)c2)C1. The predicted molar refractivity (Wildman–Crippen MR) is 147 cm³/mol. The Morgan fingerprint density at radius 1 is 1.11 bits per heavy atom. The van der Waals surface area contributed by atoms with Crippen molar-refractivity contribution in [1.82, 2.24) is 4.31 Å². The van der Waals surface area contributed by atoms with E-state index in [0.717, 1.165) is 42.0 Å². The minimum atomic E-state index is -0.814. The monoisotopic (exact) mass is 519 g/mol. The van der Waals surface area contributed by atoms with Crippen molar-refractivity contribution in [1.29, 1.82) is 0 Å². The van der Waals surface area contributed by atoms with E-state index in [1.165, 1.54) is 16.7 Å². The molecule has 2 aliphatic rings. The molecule has 6 nitrogen and oxygen atoms in total. The lowest BCUT2D eigenvalue weighted by Crippen LogP contribution is -2.20. The highest BCUT2D eigenvalue weighted by atomic mass is 32.2. The molecule has 3 aromatic rings. The van der Waals surface area contributed by atoms with Crippen LogP contribution < -0.4 is 14.2 Å². The van der Waals surface area contributed by atoms with E-state index < -0.39 is 5.97 Å². The number of hydrogen-bond acceptors (Lipinski definition) is 6. The average molecular weight is 520 g/mol. The Balaban J connectivity index is 1.26. The molecule has 37 heavy (non-hydrogen) atoms.